The van der Waals surface area contributed by atoms with Crippen LogP contribution in [0.5, 0.6) is 5.75 Å². The summed E-state index contributed by atoms with van der Waals surface area (Å²) in [6.07, 6.45) is 1.24. The van der Waals surface area contributed by atoms with Gasteiger partial charge in [-0.2, -0.15) is 0 Å². The topological polar surface area (TPSA) is 75.5 Å². The Bertz CT molecular complexity index is 898. The molecule has 0 radical (unpaired) electrons. The number of nitrogens with zero attached hydrogens (tertiary/aromatic N) is 1. The van der Waals surface area contributed by atoms with Gasteiger partial charge < -0.3 is 15.0 Å². The van der Waals surface area contributed by atoms with Crippen LogP contribution in [0.1, 0.15) is 23.6 Å². The average molecular weight is 396 g/mol. The smallest absolute Gasteiger partial charge is 0.872 e. The van der Waals surface area contributed by atoms with Gasteiger partial charge in [0.1, 0.15) is 0 Å². The molecule has 0 bridgehead atoms. The molecule has 3 aromatic carbocycles. The fraction of sp³-hybridized carbons (Fsp3) is 0.100. The first-order valence-electron chi connectivity index (χ1n) is 7.62. The second kappa shape index (κ2) is 11.9. The molecule has 4 nitrogen and oxygen atoms in total. The number of aliphatic imine (C=N–C) groups is 1. The van der Waals surface area contributed by atoms with Crippen LogP contribution in [0, 0.1) is 0 Å². The van der Waals surface area contributed by atoms with Crippen molar-refractivity contribution in [2.75, 3.05) is 0 Å². The van der Waals surface area contributed by atoms with Crippen LogP contribution in [0.4, 0.5) is 0 Å². The molecule has 120 valence electrons. The van der Waals surface area contributed by atoms with E-state index in [1.54, 1.807) is 6.07 Å². The van der Waals surface area contributed by atoms with Crippen molar-refractivity contribution in [2.45, 2.75) is 12.5 Å². The predicted molar refractivity (Wildman–Crippen MR) is 89.8 cm³/mol. The molecule has 0 aliphatic carbocycles. The molecule has 0 amide bonds. The number of rotatable bonds is 5. The summed E-state index contributed by atoms with van der Waals surface area (Å²) in [6, 6.07) is 19.3. The van der Waals surface area contributed by atoms with Crippen molar-refractivity contribution in [3.05, 3.63) is 77.9 Å². The van der Waals surface area contributed by atoms with Gasteiger partial charge in [0.25, 0.3) is 0 Å². The van der Waals surface area contributed by atoms with Gasteiger partial charge in [-0.05, 0) is 21.9 Å². The van der Waals surface area contributed by atoms with Crippen LogP contribution in [0.25, 0.3) is 10.8 Å². The standard InChI is InChI=1S/C20H17NO3.2K/c22-19-11-10-14-6-4-5-9-16(14)17(19)13-21-18(12-20(23)24)15-7-2-1-3-8-15;;/h1-11,13,18,22H,12H2,(H,23,24);;/q;2*+1/p-2/t18-;;/m0../s1. The van der Waals surface area contributed by atoms with Gasteiger partial charge in [0.2, 0.25) is 0 Å². The molecule has 0 saturated heterocycles. The minimum atomic E-state index is -1.18. The predicted octanol–water partition coefficient (Wildman–Crippen LogP) is -3.78. The Morgan fingerprint density at radius 1 is 0.962 bits per heavy atom. The number of benzene rings is 3. The van der Waals surface area contributed by atoms with E-state index in [-0.39, 0.29) is 115 Å². The van der Waals surface area contributed by atoms with E-state index >= 15 is 0 Å². The van der Waals surface area contributed by atoms with Crippen LogP contribution in [0.15, 0.2) is 71.7 Å². The number of aliphatic carboxylic acids is 1. The average Bonchev–Trinajstić information content (AvgIpc) is 2.60. The van der Waals surface area contributed by atoms with E-state index in [0.717, 1.165) is 16.3 Å². The molecule has 0 aromatic heterocycles. The monoisotopic (exact) mass is 395 g/mol. The Balaban J connectivity index is 0.00000169. The third kappa shape index (κ3) is 6.34. The Morgan fingerprint density at radius 2 is 1.62 bits per heavy atom. The maximum absolute atomic E-state index is 12.2. The summed E-state index contributed by atoms with van der Waals surface area (Å²) < 4.78 is 0. The minimum absolute atomic E-state index is 0. The van der Waals surface area contributed by atoms with E-state index in [0.29, 0.717) is 5.56 Å². The van der Waals surface area contributed by atoms with Gasteiger partial charge in [0.15, 0.2) is 0 Å². The van der Waals surface area contributed by atoms with Crippen LogP contribution in [-0.2, 0) is 4.79 Å². The van der Waals surface area contributed by atoms with Gasteiger partial charge in [-0.25, -0.2) is 0 Å². The molecule has 0 N–H and O–H groups in total. The van der Waals surface area contributed by atoms with Crippen LogP contribution in [-0.4, -0.2) is 12.2 Å². The van der Waals surface area contributed by atoms with E-state index in [1.807, 2.05) is 54.6 Å². The van der Waals surface area contributed by atoms with Gasteiger partial charge in [0, 0.05) is 18.6 Å². The molecule has 0 aliphatic rings. The summed E-state index contributed by atoms with van der Waals surface area (Å²) in [4.78, 5) is 15.4. The second-order valence-corrected chi connectivity index (χ2v) is 5.48. The zero-order chi connectivity index (χ0) is 16.9. The van der Waals surface area contributed by atoms with E-state index in [9.17, 15) is 15.0 Å². The third-order valence-corrected chi connectivity index (χ3v) is 3.86. The number of fused-ring (bicyclic) bond motifs is 1. The van der Waals surface area contributed by atoms with Gasteiger partial charge in [0.05, 0.1) is 6.04 Å². The molecular formula is C20H15K2NO3. The first-order valence-corrected chi connectivity index (χ1v) is 7.62. The summed E-state index contributed by atoms with van der Waals surface area (Å²) in [6.45, 7) is 0. The zero-order valence-corrected chi connectivity index (χ0v) is 21.1. The molecule has 26 heavy (non-hydrogen) atoms. The maximum atomic E-state index is 12.2. The van der Waals surface area contributed by atoms with Crippen molar-refractivity contribution in [2.24, 2.45) is 4.99 Å². The molecule has 6 heteroatoms. The van der Waals surface area contributed by atoms with E-state index < -0.39 is 12.0 Å². The van der Waals surface area contributed by atoms with Crippen molar-refractivity contribution < 1.29 is 118 Å². The first-order chi connectivity index (χ1) is 11.6. The SMILES string of the molecule is O=C([O-])C[C@H](N=Cc1c([O-])ccc2ccccc12)c1ccccc1.[K+].[K+]. The largest absolute Gasteiger partial charge is 1.00 e. The molecule has 0 aliphatic heterocycles. The summed E-state index contributed by atoms with van der Waals surface area (Å²) >= 11 is 0. The van der Waals surface area contributed by atoms with E-state index in [4.69, 9.17) is 0 Å². The first kappa shape index (κ1) is 24.2. The van der Waals surface area contributed by atoms with Crippen LogP contribution >= 0.6 is 0 Å². The summed E-state index contributed by atoms with van der Waals surface area (Å²) in [5.74, 6) is -1.32. The molecule has 0 saturated carbocycles. The van der Waals surface area contributed by atoms with Crippen molar-refractivity contribution in [3.8, 4) is 5.75 Å². The molecule has 0 fully saturated rings. The Hall–Kier alpha value is 0.133. The van der Waals surface area contributed by atoms with Crippen LogP contribution < -0.4 is 113 Å². The second-order valence-electron chi connectivity index (χ2n) is 5.48. The zero-order valence-electron chi connectivity index (χ0n) is 14.9. The molecular weight excluding hydrogens is 380 g/mol. The van der Waals surface area contributed by atoms with Gasteiger partial charge in [-0.3, -0.25) is 4.99 Å². The van der Waals surface area contributed by atoms with Gasteiger partial charge >= 0.3 is 103 Å². The number of hydrogen-bond donors (Lipinski definition) is 0. The Morgan fingerprint density at radius 3 is 2.31 bits per heavy atom. The van der Waals surface area contributed by atoms with Crippen molar-refractivity contribution in [3.63, 3.8) is 0 Å². The molecule has 0 unspecified atom stereocenters. The summed E-state index contributed by atoms with van der Waals surface area (Å²) in [5, 5.41) is 25.0. The third-order valence-electron chi connectivity index (χ3n) is 3.86. The van der Waals surface area contributed by atoms with Crippen molar-refractivity contribution in [1.82, 2.24) is 0 Å². The van der Waals surface area contributed by atoms with Crippen molar-refractivity contribution >= 4 is 23.0 Å². The van der Waals surface area contributed by atoms with Crippen LogP contribution in [0.2, 0.25) is 0 Å². The van der Waals surface area contributed by atoms with Gasteiger partial charge in [-0.15, -0.1) is 0 Å². The summed E-state index contributed by atoms with van der Waals surface area (Å²) in [7, 11) is 0. The number of carbonyl (C=O) groups excluding carboxylic acids is 1. The number of hydrogen-bond acceptors (Lipinski definition) is 4. The normalized spacial score (nSPS) is 11.5. The quantitative estimate of drug-likeness (QED) is 0.329. The maximum Gasteiger partial charge on any atom is 1.00 e. The van der Waals surface area contributed by atoms with Crippen molar-refractivity contribution in [1.29, 1.82) is 0 Å². The van der Waals surface area contributed by atoms with Gasteiger partial charge in [-0.1, -0.05) is 72.5 Å². The molecule has 3 aromatic rings. The Labute approximate surface area is 237 Å². The molecule has 0 spiro atoms. The minimum Gasteiger partial charge on any atom is -0.872 e. The molecule has 3 rings (SSSR count). The number of carboxylic acids is 1. The summed E-state index contributed by atoms with van der Waals surface area (Å²) in [5.41, 5.74) is 1.23. The van der Waals surface area contributed by atoms with E-state index in [1.165, 1.54) is 12.3 Å². The fourth-order valence-corrected chi connectivity index (χ4v) is 2.66. The van der Waals surface area contributed by atoms with Crippen LogP contribution in [0.3, 0.4) is 0 Å². The molecule has 0 heterocycles. The Kier molecular flexibility index (Phi) is 11.0. The molecule has 1 atom stereocenters. The fourth-order valence-electron chi connectivity index (χ4n) is 2.66. The number of carboxylic acid groups (broad SMARTS) is 1. The number of carbonyl (C=O) groups is 1. The van der Waals surface area contributed by atoms with E-state index in [2.05, 4.69) is 4.99 Å².